The molecule has 0 saturated heterocycles. The van der Waals surface area contributed by atoms with Crippen LogP contribution < -0.4 is 0 Å². The summed E-state index contributed by atoms with van der Waals surface area (Å²) in [6.45, 7) is 0. The maximum Gasteiger partial charge on any atom is 0.115 e. The van der Waals surface area contributed by atoms with Crippen LogP contribution in [0.5, 0.6) is 0 Å². The highest BCUT2D eigenvalue weighted by atomic mass is 79.9. The molecule has 2 nitrogen and oxygen atoms in total. The molecule has 0 aromatic carbocycles. The van der Waals surface area contributed by atoms with Crippen LogP contribution in [-0.4, -0.2) is 15.3 Å². The van der Waals surface area contributed by atoms with Crippen LogP contribution in [0.15, 0.2) is 18.6 Å². The minimum absolute atomic E-state index is 1.04. The van der Waals surface area contributed by atoms with E-state index in [1.165, 1.54) is 0 Å². The molecule has 10 heavy (non-hydrogen) atoms. The molecule has 0 aliphatic heterocycles. The molecule has 0 bridgehead atoms. The monoisotopic (exact) mass is 200 g/mol. The van der Waals surface area contributed by atoms with Crippen LogP contribution in [0.25, 0.3) is 0 Å². The highest BCUT2D eigenvalue weighted by Crippen LogP contribution is 1.98. The highest BCUT2D eigenvalue weighted by molar-refractivity contribution is 9.09. The van der Waals surface area contributed by atoms with E-state index in [1.807, 2.05) is 6.07 Å². The Kier molecular flexibility index (Phi) is 3.36. The van der Waals surface area contributed by atoms with Gasteiger partial charge in [0.2, 0.25) is 0 Å². The van der Waals surface area contributed by atoms with Gasteiger partial charge in [-0.05, 0) is 18.9 Å². The molecule has 0 aliphatic carbocycles. The van der Waals surface area contributed by atoms with E-state index in [-0.39, 0.29) is 0 Å². The summed E-state index contributed by atoms with van der Waals surface area (Å²) >= 11 is 3.36. The number of aryl methyl sites for hydroxylation is 1. The standard InChI is InChI=1S/C7H9BrN2/c8-4-1-2-7-3-5-9-6-10-7/h3,5-6H,1-2,4H2. The summed E-state index contributed by atoms with van der Waals surface area (Å²) in [7, 11) is 0. The first-order valence-corrected chi connectivity index (χ1v) is 4.36. The third-order valence-electron chi connectivity index (χ3n) is 1.21. The van der Waals surface area contributed by atoms with Crippen LogP contribution in [0, 0.1) is 0 Å². The van der Waals surface area contributed by atoms with Crippen molar-refractivity contribution >= 4 is 15.9 Å². The SMILES string of the molecule is BrCCCc1ccncn1. The van der Waals surface area contributed by atoms with Gasteiger partial charge in [-0.2, -0.15) is 0 Å². The number of rotatable bonds is 3. The van der Waals surface area contributed by atoms with Gasteiger partial charge in [-0.3, -0.25) is 0 Å². The number of hydrogen-bond donors (Lipinski definition) is 0. The van der Waals surface area contributed by atoms with Crippen molar-refractivity contribution in [3.63, 3.8) is 0 Å². The Hall–Kier alpha value is -0.440. The first-order valence-electron chi connectivity index (χ1n) is 3.24. The topological polar surface area (TPSA) is 25.8 Å². The summed E-state index contributed by atoms with van der Waals surface area (Å²) in [5.74, 6) is 0. The van der Waals surface area contributed by atoms with Gasteiger partial charge in [-0.25, -0.2) is 9.97 Å². The summed E-state index contributed by atoms with van der Waals surface area (Å²) < 4.78 is 0. The smallest absolute Gasteiger partial charge is 0.115 e. The van der Waals surface area contributed by atoms with Crippen molar-refractivity contribution in [2.24, 2.45) is 0 Å². The average molecular weight is 201 g/mol. The lowest BCUT2D eigenvalue weighted by molar-refractivity contribution is 0.885. The van der Waals surface area contributed by atoms with E-state index >= 15 is 0 Å². The first kappa shape index (κ1) is 7.66. The van der Waals surface area contributed by atoms with E-state index in [1.54, 1.807) is 12.5 Å². The van der Waals surface area contributed by atoms with Crippen molar-refractivity contribution in [3.05, 3.63) is 24.3 Å². The Labute approximate surface area is 68.8 Å². The molecule has 0 atom stereocenters. The Bertz CT molecular complexity index is 176. The third kappa shape index (κ3) is 2.43. The number of hydrogen-bond acceptors (Lipinski definition) is 2. The summed E-state index contributed by atoms with van der Waals surface area (Å²) in [4.78, 5) is 7.91. The van der Waals surface area contributed by atoms with Crippen LogP contribution in [0.4, 0.5) is 0 Å². The predicted molar refractivity (Wildman–Crippen MR) is 44.1 cm³/mol. The fourth-order valence-electron chi connectivity index (χ4n) is 0.714. The Morgan fingerprint density at radius 2 is 2.40 bits per heavy atom. The minimum atomic E-state index is 1.04. The number of alkyl halides is 1. The zero-order valence-electron chi connectivity index (χ0n) is 5.63. The molecule has 1 rings (SSSR count). The number of aromatic nitrogens is 2. The van der Waals surface area contributed by atoms with Gasteiger partial charge in [0.15, 0.2) is 0 Å². The predicted octanol–water partition coefficient (Wildman–Crippen LogP) is 1.80. The maximum atomic E-state index is 4.08. The Morgan fingerprint density at radius 3 is 3.00 bits per heavy atom. The normalized spacial score (nSPS) is 9.70. The summed E-state index contributed by atoms with van der Waals surface area (Å²) in [6, 6.07) is 1.95. The molecule has 0 amide bonds. The van der Waals surface area contributed by atoms with E-state index in [2.05, 4.69) is 25.9 Å². The number of halogens is 1. The molecule has 0 saturated carbocycles. The molecule has 0 unspecified atom stereocenters. The van der Waals surface area contributed by atoms with Crippen molar-refractivity contribution in [1.82, 2.24) is 9.97 Å². The van der Waals surface area contributed by atoms with Gasteiger partial charge >= 0.3 is 0 Å². The second kappa shape index (κ2) is 4.39. The van der Waals surface area contributed by atoms with E-state index in [4.69, 9.17) is 0 Å². The van der Waals surface area contributed by atoms with Crippen molar-refractivity contribution in [2.45, 2.75) is 12.8 Å². The van der Waals surface area contributed by atoms with Crippen LogP contribution in [0.2, 0.25) is 0 Å². The summed E-state index contributed by atoms with van der Waals surface area (Å²) in [6.07, 6.45) is 5.53. The van der Waals surface area contributed by atoms with Crippen LogP contribution in [0.1, 0.15) is 12.1 Å². The molecule has 54 valence electrons. The Morgan fingerprint density at radius 1 is 1.50 bits per heavy atom. The van der Waals surface area contributed by atoms with Gasteiger partial charge in [0.25, 0.3) is 0 Å². The van der Waals surface area contributed by atoms with Crippen molar-refractivity contribution in [2.75, 3.05) is 5.33 Å². The average Bonchev–Trinajstić information content (AvgIpc) is 2.03. The van der Waals surface area contributed by atoms with Gasteiger partial charge < -0.3 is 0 Å². The first-order chi connectivity index (χ1) is 4.93. The van der Waals surface area contributed by atoms with Gasteiger partial charge in [0.05, 0.1) is 0 Å². The third-order valence-corrected chi connectivity index (χ3v) is 1.77. The maximum absolute atomic E-state index is 4.08. The number of nitrogens with zero attached hydrogens (tertiary/aromatic N) is 2. The van der Waals surface area contributed by atoms with Gasteiger partial charge in [-0.1, -0.05) is 15.9 Å². The molecule has 0 aliphatic rings. The fraction of sp³-hybridized carbons (Fsp3) is 0.429. The quantitative estimate of drug-likeness (QED) is 0.697. The van der Waals surface area contributed by atoms with E-state index in [0.717, 1.165) is 23.9 Å². The largest absolute Gasteiger partial charge is 0.245 e. The molecule has 0 spiro atoms. The molecular formula is C7H9BrN2. The molecule has 1 aromatic heterocycles. The van der Waals surface area contributed by atoms with E-state index < -0.39 is 0 Å². The lowest BCUT2D eigenvalue weighted by Gasteiger charge is -1.94. The lowest BCUT2D eigenvalue weighted by atomic mass is 10.2. The van der Waals surface area contributed by atoms with Crippen molar-refractivity contribution in [1.29, 1.82) is 0 Å². The lowest BCUT2D eigenvalue weighted by Crippen LogP contribution is -1.89. The molecule has 0 N–H and O–H groups in total. The molecule has 0 radical (unpaired) electrons. The second-order valence-electron chi connectivity index (χ2n) is 1.99. The van der Waals surface area contributed by atoms with Crippen LogP contribution >= 0.6 is 15.9 Å². The minimum Gasteiger partial charge on any atom is -0.245 e. The van der Waals surface area contributed by atoms with Gasteiger partial charge in [0, 0.05) is 17.2 Å². The highest BCUT2D eigenvalue weighted by Gasteiger charge is 1.90. The van der Waals surface area contributed by atoms with E-state index in [0.29, 0.717) is 0 Å². The zero-order chi connectivity index (χ0) is 7.23. The summed E-state index contributed by atoms with van der Waals surface area (Å²) in [5.41, 5.74) is 1.12. The van der Waals surface area contributed by atoms with Crippen LogP contribution in [-0.2, 0) is 6.42 Å². The summed E-state index contributed by atoms with van der Waals surface area (Å²) in [5, 5.41) is 1.04. The second-order valence-corrected chi connectivity index (χ2v) is 2.79. The van der Waals surface area contributed by atoms with Crippen LogP contribution in [0.3, 0.4) is 0 Å². The van der Waals surface area contributed by atoms with Crippen molar-refractivity contribution < 1.29 is 0 Å². The molecule has 0 fully saturated rings. The molecule has 3 heteroatoms. The zero-order valence-corrected chi connectivity index (χ0v) is 7.21. The molecular weight excluding hydrogens is 192 g/mol. The van der Waals surface area contributed by atoms with E-state index in [9.17, 15) is 0 Å². The van der Waals surface area contributed by atoms with Gasteiger partial charge in [0.1, 0.15) is 6.33 Å². The Balaban J connectivity index is 2.43. The molecule has 1 heterocycles. The molecule has 1 aromatic rings. The van der Waals surface area contributed by atoms with Crippen molar-refractivity contribution in [3.8, 4) is 0 Å². The fourth-order valence-corrected chi connectivity index (χ4v) is 0.994. The van der Waals surface area contributed by atoms with Gasteiger partial charge in [-0.15, -0.1) is 0 Å².